The van der Waals surface area contributed by atoms with Gasteiger partial charge in [-0.15, -0.1) is 0 Å². The number of hydrogen-bond donors (Lipinski definition) is 2. The van der Waals surface area contributed by atoms with Gasteiger partial charge in [-0.3, -0.25) is 0 Å². The zero-order valence-corrected chi connectivity index (χ0v) is 21.9. The lowest BCUT2D eigenvalue weighted by atomic mass is 10.1. The van der Waals surface area contributed by atoms with Crippen LogP contribution in [-0.4, -0.2) is 77.9 Å². The lowest BCUT2D eigenvalue weighted by Gasteiger charge is -2.29. The minimum atomic E-state index is -0.179. The van der Waals surface area contributed by atoms with Crippen LogP contribution in [-0.2, 0) is 11.8 Å². The van der Waals surface area contributed by atoms with Crippen molar-refractivity contribution in [2.24, 2.45) is 7.05 Å². The van der Waals surface area contributed by atoms with Crippen molar-refractivity contribution in [3.8, 4) is 11.4 Å². The first-order valence-electron chi connectivity index (χ1n) is 13.6. The third kappa shape index (κ3) is 5.16. The predicted octanol–water partition coefficient (Wildman–Crippen LogP) is 4.23. The van der Waals surface area contributed by atoms with Crippen molar-refractivity contribution in [1.29, 1.82) is 0 Å². The molecule has 0 aliphatic carbocycles. The predicted molar refractivity (Wildman–Crippen MR) is 152 cm³/mol. The minimum absolute atomic E-state index is 0.179. The van der Waals surface area contributed by atoms with Crippen molar-refractivity contribution in [3.05, 3.63) is 48.7 Å². The Morgan fingerprint density at radius 2 is 1.74 bits per heavy atom. The average Bonchev–Trinajstić information content (AvgIpc) is 3.61. The quantitative estimate of drug-likeness (QED) is 0.360. The first-order chi connectivity index (χ1) is 18.7. The summed E-state index contributed by atoms with van der Waals surface area (Å²) in [5.74, 6) is 1.61. The van der Waals surface area contributed by atoms with Crippen molar-refractivity contribution in [3.63, 3.8) is 0 Å². The van der Waals surface area contributed by atoms with Gasteiger partial charge in [0.15, 0.2) is 5.82 Å². The number of nitrogens with zero attached hydrogens (tertiary/aromatic N) is 5. The Hall–Kier alpha value is -3.69. The molecular formula is C29H35N7O2. The number of aromatic nitrogens is 3. The highest BCUT2D eigenvalue weighted by atomic mass is 16.5. The van der Waals surface area contributed by atoms with Gasteiger partial charge in [-0.05, 0) is 81.4 Å². The number of rotatable bonds is 7. The van der Waals surface area contributed by atoms with E-state index in [-0.39, 0.29) is 6.03 Å². The molecule has 2 amide bonds. The first-order valence-corrected chi connectivity index (χ1v) is 13.6. The Bertz CT molecular complexity index is 1420. The number of aryl methyl sites for hydroxylation is 1. The van der Waals surface area contributed by atoms with Crippen LogP contribution in [0.3, 0.4) is 0 Å². The van der Waals surface area contributed by atoms with E-state index in [4.69, 9.17) is 14.7 Å². The second-order valence-corrected chi connectivity index (χ2v) is 10.2. The highest BCUT2D eigenvalue weighted by Gasteiger charge is 2.20. The molecule has 2 fully saturated rings. The number of ether oxygens (including phenoxy) is 1. The fourth-order valence-corrected chi connectivity index (χ4v) is 5.46. The summed E-state index contributed by atoms with van der Waals surface area (Å²) in [6, 6.07) is 14.0. The number of carbonyl (C=O) groups excluding carboxylic acids is 1. The van der Waals surface area contributed by atoms with Gasteiger partial charge in [0.2, 0.25) is 0 Å². The molecule has 2 aliphatic heterocycles. The molecule has 38 heavy (non-hydrogen) atoms. The lowest BCUT2D eigenvalue weighted by molar-refractivity contribution is 0.122. The molecule has 2 N–H and O–H groups in total. The second kappa shape index (κ2) is 11.0. The summed E-state index contributed by atoms with van der Waals surface area (Å²) in [6.45, 7) is 7.06. The molecule has 0 radical (unpaired) electrons. The number of amides is 2. The number of benzene rings is 2. The summed E-state index contributed by atoms with van der Waals surface area (Å²) in [5, 5.41) is 8.07. The van der Waals surface area contributed by atoms with Crippen LogP contribution in [0.1, 0.15) is 19.3 Å². The van der Waals surface area contributed by atoms with Crippen molar-refractivity contribution in [1.82, 2.24) is 24.8 Å². The van der Waals surface area contributed by atoms with E-state index in [0.717, 1.165) is 64.9 Å². The van der Waals surface area contributed by atoms with Crippen LogP contribution in [0, 0.1) is 0 Å². The Balaban J connectivity index is 1.21. The molecule has 2 saturated heterocycles. The molecule has 2 aromatic heterocycles. The van der Waals surface area contributed by atoms with Crippen molar-refractivity contribution < 1.29 is 9.53 Å². The molecule has 0 bridgehead atoms. The molecule has 4 aromatic rings. The smallest absolute Gasteiger partial charge is 0.319 e. The van der Waals surface area contributed by atoms with Gasteiger partial charge in [-0.1, -0.05) is 0 Å². The molecule has 2 aromatic carbocycles. The van der Waals surface area contributed by atoms with Crippen LogP contribution in [0.2, 0.25) is 0 Å². The van der Waals surface area contributed by atoms with E-state index in [0.29, 0.717) is 25.6 Å². The van der Waals surface area contributed by atoms with Crippen LogP contribution >= 0.6 is 0 Å². The summed E-state index contributed by atoms with van der Waals surface area (Å²) < 4.78 is 7.70. The van der Waals surface area contributed by atoms with Gasteiger partial charge >= 0.3 is 6.03 Å². The number of fused-ring (bicyclic) bond motifs is 3. The van der Waals surface area contributed by atoms with E-state index < -0.39 is 0 Å². The normalized spacial score (nSPS) is 16.4. The molecule has 0 saturated carbocycles. The molecule has 6 rings (SSSR count). The third-order valence-corrected chi connectivity index (χ3v) is 7.56. The highest BCUT2D eigenvalue weighted by molar-refractivity contribution is 6.08. The lowest BCUT2D eigenvalue weighted by Crippen LogP contribution is -2.37. The molecule has 2 aliphatic rings. The third-order valence-electron chi connectivity index (χ3n) is 7.56. The molecule has 0 atom stereocenters. The standard InChI is InChI=1S/C29H35N7O2/c1-34-16-11-23-25(34)10-9-24-26(23)32-27(33-28(24)36-17-19-38-20-18-36)21-5-7-22(8-6-21)31-29(37)30-12-4-15-35-13-2-3-14-35/h5-11,16H,2-4,12-15,17-20H2,1H3,(H2,30,31,37). The minimum Gasteiger partial charge on any atom is -0.378 e. The summed E-state index contributed by atoms with van der Waals surface area (Å²) >= 11 is 0. The van der Waals surface area contributed by atoms with Gasteiger partial charge in [0.1, 0.15) is 5.82 Å². The Kier molecular flexibility index (Phi) is 7.11. The molecule has 4 heterocycles. The fourth-order valence-electron chi connectivity index (χ4n) is 5.46. The van der Waals surface area contributed by atoms with Gasteiger partial charge in [0, 0.05) is 60.4 Å². The maximum Gasteiger partial charge on any atom is 0.319 e. The highest BCUT2D eigenvalue weighted by Crippen LogP contribution is 2.33. The molecular weight excluding hydrogens is 478 g/mol. The van der Waals surface area contributed by atoms with Crippen molar-refractivity contribution in [2.45, 2.75) is 19.3 Å². The van der Waals surface area contributed by atoms with E-state index in [1.54, 1.807) is 0 Å². The maximum atomic E-state index is 12.4. The summed E-state index contributed by atoms with van der Waals surface area (Å²) in [6.07, 6.45) is 5.61. The summed E-state index contributed by atoms with van der Waals surface area (Å²) in [7, 11) is 2.05. The molecule has 9 heteroatoms. The van der Waals surface area contributed by atoms with E-state index in [9.17, 15) is 4.79 Å². The van der Waals surface area contributed by atoms with E-state index in [1.807, 2.05) is 24.3 Å². The van der Waals surface area contributed by atoms with Gasteiger partial charge in [-0.2, -0.15) is 0 Å². The van der Waals surface area contributed by atoms with Crippen LogP contribution in [0.4, 0.5) is 16.3 Å². The van der Waals surface area contributed by atoms with Gasteiger partial charge in [0.05, 0.1) is 18.7 Å². The first kappa shape index (κ1) is 24.6. The Morgan fingerprint density at radius 3 is 2.53 bits per heavy atom. The van der Waals surface area contributed by atoms with Gasteiger partial charge in [-0.25, -0.2) is 14.8 Å². The largest absolute Gasteiger partial charge is 0.378 e. The fraction of sp³-hybridized carbons (Fsp3) is 0.414. The number of hydrogen-bond acceptors (Lipinski definition) is 6. The number of carbonyl (C=O) groups is 1. The molecule has 0 unspecified atom stereocenters. The number of nitrogens with one attached hydrogen (secondary N) is 2. The monoisotopic (exact) mass is 513 g/mol. The number of urea groups is 1. The van der Waals surface area contributed by atoms with Crippen LogP contribution < -0.4 is 15.5 Å². The molecule has 198 valence electrons. The topological polar surface area (TPSA) is 87.6 Å². The molecule has 0 spiro atoms. The number of anilines is 2. The average molecular weight is 514 g/mol. The zero-order chi connectivity index (χ0) is 25.9. The Morgan fingerprint density at radius 1 is 0.947 bits per heavy atom. The van der Waals surface area contributed by atoms with E-state index in [1.165, 1.54) is 25.9 Å². The number of morpholine rings is 1. The summed E-state index contributed by atoms with van der Waals surface area (Å²) in [4.78, 5) is 27.2. The second-order valence-electron chi connectivity index (χ2n) is 10.2. The van der Waals surface area contributed by atoms with Gasteiger partial charge in [0.25, 0.3) is 0 Å². The van der Waals surface area contributed by atoms with Crippen LogP contribution in [0.5, 0.6) is 0 Å². The van der Waals surface area contributed by atoms with Gasteiger partial charge < -0.3 is 29.7 Å². The van der Waals surface area contributed by atoms with E-state index in [2.05, 4.69) is 56.4 Å². The number of likely N-dealkylation sites (tertiary alicyclic amines) is 1. The SMILES string of the molecule is Cn1ccc2c3nc(-c4ccc(NC(=O)NCCCN5CCCC5)cc4)nc(N4CCOCC4)c3ccc21. The summed E-state index contributed by atoms with van der Waals surface area (Å²) in [5.41, 5.74) is 3.74. The van der Waals surface area contributed by atoms with Crippen LogP contribution in [0.15, 0.2) is 48.7 Å². The van der Waals surface area contributed by atoms with Crippen LogP contribution in [0.25, 0.3) is 33.2 Å². The van der Waals surface area contributed by atoms with E-state index >= 15 is 0 Å². The van der Waals surface area contributed by atoms with Crippen molar-refractivity contribution in [2.75, 3.05) is 62.7 Å². The zero-order valence-electron chi connectivity index (χ0n) is 21.9. The molecule has 9 nitrogen and oxygen atoms in total. The maximum absolute atomic E-state index is 12.4. The van der Waals surface area contributed by atoms with Crippen molar-refractivity contribution >= 4 is 39.3 Å². The Labute approximate surface area is 222 Å².